The third-order valence-corrected chi connectivity index (χ3v) is 4.78. The van der Waals surface area contributed by atoms with Crippen LogP contribution >= 0.6 is 0 Å². The van der Waals surface area contributed by atoms with Crippen molar-refractivity contribution in [3.05, 3.63) is 63.6 Å². The molecular formula is C19H22N4O5. The van der Waals surface area contributed by atoms with E-state index in [1.54, 1.807) is 0 Å². The van der Waals surface area contributed by atoms with E-state index in [0.29, 0.717) is 26.1 Å². The van der Waals surface area contributed by atoms with Gasteiger partial charge in [0, 0.05) is 26.4 Å². The van der Waals surface area contributed by atoms with Gasteiger partial charge in [-0.1, -0.05) is 30.3 Å². The molecule has 0 saturated carbocycles. The molecule has 2 amide bonds. The van der Waals surface area contributed by atoms with Crippen molar-refractivity contribution in [2.75, 3.05) is 26.8 Å². The zero-order valence-corrected chi connectivity index (χ0v) is 15.4. The van der Waals surface area contributed by atoms with Gasteiger partial charge >= 0.3 is 0 Å². The van der Waals surface area contributed by atoms with Gasteiger partial charge < -0.3 is 19.3 Å². The first kappa shape index (κ1) is 19.6. The summed E-state index contributed by atoms with van der Waals surface area (Å²) in [5.41, 5.74) is 1.52. The Kier molecular flexibility index (Phi) is 5.76. The van der Waals surface area contributed by atoms with Crippen LogP contribution in [0.2, 0.25) is 0 Å². The number of hydrogen-bond donors (Lipinski definition) is 3. The van der Waals surface area contributed by atoms with Crippen LogP contribution < -0.4 is 16.7 Å². The highest BCUT2D eigenvalue weighted by atomic mass is 16.5. The van der Waals surface area contributed by atoms with Gasteiger partial charge in [0.15, 0.2) is 11.4 Å². The van der Waals surface area contributed by atoms with Crippen LogP contribution in [0.1, 0.15) is 32.5 Å². The Hall–Kier alpha value is -3.17. The molecule has 1 atom stereocenters. The molecule has 2 aromatic rings. The molecule has 1 aromatic carbocycles. The molecule has 0 saturated heterocycles. The molecule has 2 heterocycles. The van der Waals surface area contributed by atoms with Gasteiger partial charge in [-0.2, -0.15) is 0 Å². The van der Waals surface area contributed by atoms with E-state index in [0.717, 1.165) is 5.56 Å². The van der Waals surface area contributed by atoms with E-state index in [2.05, 4.69) is 0 Å². The van der Waals surface area contributed by atoms with Crippen molar-refractivity contribution >= 4 is 11.8 Å². The van der Waals surface area contributed by atoms with Crippen LogP contribution in [0.4, 0.5) is 0 Å². The second-order valence-electron chi connectivity index (χ2n) is 6.54. The Labute approximate surface area is 161 Å². The van der Waals surface area contributed by atoms with E-state index in [1.807, 2.05) is 35.8 Å². The molecule has 0 aliphatic carbocycles. The first-order valence-corrected chi connectivity index (χ1v) is 8.79. The number of nitrogen functional groups attached to an aromatic ring is 1. The Bertz CT molecular complexity index is 941. The zero-order chi connectivity index (χ0) is 20.3. The lowest BCUT2D eigenvalue weighted by Gasteiger charge is -2.36. The number of fused-ring (bicyclic) bond motifs is 1. The number of nitrogens with zero attached hydrogens (tertiary/aromatic N) is 2. The third kappa shape index (κ3) is 3.62. The number of hydrazine groups is 1. The normalized spacial score (nSPS) is 16.0. The van der Waals surface area contributed by atoms with Crippen LogP contribution in [0.25, 0.3) is 0 Å². The molecule has 0 radical (unpaired) electrons. The van der Waals surface area contributed by atoms with E-state index in [-0.39, 0.29) is 17.3 Å². The number of carbonyl (C=O) groups is 2. The topological polar surface area (TPSA) is 127 Å². The largest absolute Gasteiger partial charge is 0.503 e. The lowest BCUT2D eigenvalue weighted by atomic mass is 10.0. The minimum absolute atomic E-state index is 0.137. The maximum absolute atomic E-state index is 12.9. The number of benzene rings is 1. The van der Waals surface area contributed by atoms with Crippen LogP contribution in [0.3, 0.4) is 0 Å². The van der Waals surface area contributed by atoms with Crippen LogP contribution in [0.15, 0.2) is 41.3 Å². The fraction of sp³-hybridized carbons (Fsp3) is 0.316. The Morgan fingerprint density at radius 3 is 2.68 bits per heavy atom. The highest BCUT2D eigenvalue weighted by Crippen LogP contribution is 2.28. The number of methoxy groups -OCH3 is 1. The molecule has 148 valence electrons. The molecule has 9 heteroatoms. The summed E-state index contributed by atoms with van der Waals surface area (Å²) in [5.74, 6) is 3.06. The number of aromatic nitrogens is 1. The number of ether oxygens (including phenoxy) is 1. The lowest BCUT2D eigenvalue weighted by molar-refractivity contribution is 0.0590. The van der Waals surface area contributed by atoms with Gasteiger partial charge in [0.05, 0.1) is 12.6 Å². The molecule has 3 rings (SSSR count). The lowest BCUT2D eigenvalue weighted by Crippen LogP contribution is -2.47. The van der Waals surface area contributed by atoms with Gasteiger partial charge in [0.2, 0.25) is 5.43 Å². The second kappa shape index (κ2) is 8.24. The minimum atomic E-state index is -0.936. The average molecular weight is 386 g/mol. The molecule has 0 spiro atoms. The van der Waals surface area contributed by atoms with Gasteiger partial charge in [0.25, 0.3) is 11.8 Å². The fourth-order valence-electron chi connectivity index (χ4n) is 3.38. The molecular weight excluding hydrogens is 364 g/mol. The van der Waals surface area contributed by atoms with Crippen molar-refractivity contribution < 1.29 is 19.4 Å². The summed E-state index contributed by atoms with van der Waals surface area (Å²) in [6.07, 6.45) is 1.83. The van der Waals surface area contributed by atoms with Gasteiger partial charge in [-0.05, 0) is 12.0 Å². The molecule has 9 nitrogen and oxygen atoms in total. The maximum Gasteiger partial charge on any atom is 0.274 e. The average Bonchev–Trinajstić information content (AvgIpc) is 2.71. The number of pyridine rings is 1. The minimum Gasteiger partial charge on any atom is -0.503 e. The first-order chi connectivity index (χ1) is 13.5. The van der Waals surface area contributed by atoms with E-state index < -0.39 is 23.0 Å². The van der Waals surface area contributed by atoms with E-state index in [9.17, 15) is 19.5 Å². The van der Waals surface area contributed by atoms with Crippen molar-refractivity contribution in [3.63, 3.8) is 0 Å². The number of aromatic hydroxyl groups is 1. The van der Waals surface area contributed by atoms with Crippen molar-refractivity contribution in [1.29, 1.82) is 0 Å². The summed E-state index contributed by atoms with van der Waals surface area (Å²) in [6.45, 7) is 0.984. The Balaban J connectivity index is 2.11. The van der Waals surface area contributed by atoms with E-state index in [4.69, 9.17) is 10.6 Å². The number of nitrogens with one attached hydrogen (secondary N) is 1. The molecule has 28 heavy (non-hydrogen) atoms. The fourth-order valence-corrected chi connectivity index (χ4v) is 3.38. The molecule has 0 bridgehead atoms. The smallest absolute Gasteiger partial charge is 0.274 e. The number of rotatable bonds is 6. The summed E-state index contributed by atoms with van der Waals surface area (Å²) >= 11 is 0. The summed E-state index contributed by atoms with van der Waals surface area (Å²) in [5, 5.41) is 10.4. The van der Waals surface area contributed by atoms with Crippen molar-refractivity contribution in [2.24, 2.45) is 5.84 Å². The highest BCUT2D eigenvalue weighted by molar-refractivity contribution is 5.99. The number of amides is 2. The maximum atomic E-state index is 12.9. The monoisotopic (exact) mass is 386 g/mol. The zero-order valence-electron chi connectivity index (χ0n) is 15.4. The van der Waals surface area contributed by atoms with Crippen molar-refractivity contribution in [2.45, 2.75) is 12.5 Å². The number of carbonyl (C=O) groups excluding carboxylic acids is 2. The quantitative estimate of drug-likeness (QED) is 0.366. The summed E-state index contributed by atoms with van der Waals surface area (Å²) < 4.78 is 6.56. The molecule has 1 aliphatic rings. The van der Waals surface area contributed by atoms with Crippen molar-refractivity contribution in [1.82, 2.24) is 14.9 Å². The molecule has 1 aliphatic heterocycles. The predicted octanol–water partition coefficient (Wildman–Crippen LogP) is 0.0434. The number of hydrogen-bond acceptors (Lipinski definition) is 6. The van der Waals surface area contributed by atoms with Crippen molar-refractivity contribution in [3.8, 4) is 5.75 Å². The summed E-state index contributed by atoms with van der Waals surface area (Å²) in [4.78, 5) is 38.8. The highest BCUT2D eigenvalue weighted by Gasteiger charge is 2.35. The third-order valence-electron chi connectivity index (χ3n) is 4.78. The van der Waals surface area contributed by atoms with Gasteiger partial charge in [-0.15, -0.1) is 0 Å². The first-order valence-electron chi connectivity index (χ1n) is 8.79. The van der Waals surface area contributed by atoms with E-state index in [1.165, 1.54) is 22.8 Å². The Morgan fingerprint density at radius 1 is 1.32 bits per heavy atom. The van der Waals surface area contributed by atoms with Crippen LogP contribution in [-0.4, -0.2) is 53.2 Å². The Morgan fingerprint density at radius 2 is 2.04 bits per heavy atom. The second-order valence-corrected chi connectivity index (χ2v) is 6.54. The summed E-state index contributed by atoms with van der Waals surface area (Å²) in [7, 11) is 1.53. The van der Waals surface area contributed by atoms with Gasteiger partial charge in [0.1, 0.15) is 5.56 Å². The van der Waals surface area contributed by atoms with Crippen LogP contribution in [-0.2, 0) is 11.2 Å². The molecule has 0 fully saturated rings. The van der Waals surface area contributed by atoms with Crippen LogP contribution in [0, 0.1) is 0 Å². The van der Waals surface area contributed by atoms with Crippen LogP contribution in [0.5, 0.6) is 5.75 Å². The molecule has 1 aromatic heterocycles. The molecule has 4 N–H and O–H groups in total. The summed E-state index contributed by atoms with van der Waals surface area (Å²) in [6, 6.07) is 9.32. The molecule has 0 unspecified atom stereocenters. The van der Waals surface area contributed by atoms with Gasteiger partial charge in [-0.3, -0.25) is 19.8 Å². The predicted molar refractivity (Wildman–Crippen MR) is 101 cm³/mol. The SMILES string of the molecule is COCCN1C[C@H](Cc2ccccc2)n2cc(C(=O)NN)c(=O)c(O)c2C1=O. The number of nitrogens with two attached hydrogens (primary N) is 1. The van der Waals surface area contributed by atoms with E-state index >= 15 is 0 Å². The van der Waals surface area contributed by atoms with Gasteiger partial charge in [-0.25, -0.2) is 5.84 Å². The standard InChI is InChI=1S/C19H22N4O5/c1-28-8-7-22-10-13(9-12-5-3-2-4-6-12)23-11-14(18(26)21-20)16(24)17(25)15(23)19(22)27/h2-6,11,13,25H,7-10,20H2,1H3,(H,21,26)/t13-/m0/s1.